The Kier molecular flexibility index (Phi) is 3.99. The van der Waals surface area contributed by atoms with Gasteiger partial charge in [-0.3, -0.25) is 9.69 Å². The molecule has 0 saturated heterocycles. The van der Waals surface area contributed by atoms with E-state index in [9.17, 15) is 4.79 Å². The van der Waals surface area contributed by atoms with Crippen LogP contribution in [-0.2, 0) is 11.3 Å². The third-order valence-electron chi connectivity index (χ3n) is 3.48. The fraction of sp³-hybridized carbons (Fsp3) is 0.500. The number of carbonyl (C=O) groups excluding carboxylic acids is 1. The van der Waals surface area contributed by atoms with Gasteiger partial charge in [0.15, 0.2) is 0 Å². The zero-order chi connectivity index (χ0) is 13.1. The van der Waals surface area contributed by atoms with E-state index in [1.807, 2.05) is 7.05 Å². The van der Waals surface area contributed by atoms with Crippen molar-refractivity contribution in [3.8, 4) is 0 Å². The Bertz CT molecular complexity index is 431. The van der Waals surface area contributed by atoms with Crippen molar-refractivity contribution in [1.29, 1.82) is 0 Å². The lowest BCUT2D eigenvalue weighted by atomic mass is 9.96. The zero-order valence-electron chi connectivity index (χ0n) is 11.3. The van der Waals surface area contributed by atoms with Crippen LogP contribution in [-0.4, -0.2) is 49.9 Å². The maximum atomic E-state index is 11.8. The molecule has 1 amide bonds. The van der Waals surface area contributed by atoms with Crippen LogP contribution >= 0.6 is 0 Å². The quantitative estimate of drug-likeness (QED) is 0.860. The Hall–Kier alpha value is -1.39. The van der Waals surface area contributed by atoms with E-state index in [4.69, 9.17) is 0 Å². The third-order valence-corrected chi connectivity index (χ3v) is 3.48. The number of rotatable bonds is 3. The Labute approximate surface area is 109 Å². The van der Waals surface area contributed by atoms with E-state index in [-0.39, 0.29) is 11.9 Å². The summed E-state index contributed by atoms with van der Waals surface area (Å²) >= 11 is 0. The number of hydrogen-bond acceptors (Lipinski definition) is 3. The van der Waals surface area contributed by atoms with E-state index in [0.717, 1.165) is 13.1 Å². The largest absolute Gasteiger partial charge is 0.348 e. The van der Waals surface area contributed by atoms with E-state index in [0.29, 0.717) is 6.54 Å². The maximum absolute atomic E-state index is 11.8. The minimum absolute atomic E-state index is 0.139. The van der Waals surface area contributed by atoms with Crippen LogP contribution in [0, 0.1) is 0 Å². The standard InChI is InChI=1S/C14H21N3O/c1-16(2)14(18)10-17(3)13-9-15-8-11-6-4-5-7-12(11)13/h4-7,13,15H,8-10H2,1-3H3. The average molecular weight is 247 g/mol. The lowest BCUT2D eigenvalue weighted by Gasteiger charge is -2.33. The van der Waals surface area contributed by atoms with Crippen LogP contribution in [0.15, 0.2) is 24.3 Å². The Morgan fingerprint density at radius 1 is 1.33 bits per heavy atom. The summed E-state index contributed by atoms with van der Waals surface area (Å²) in [7, 11) is 5.60. The first-order chi connectivity index (χ1) is 8.59. The van der Waals surface area contributed by atoms with Crippen LogP contribution in [0.5, 0.6) is 0 Å². The number of nitrogens with one attached hydrogen (secondary N) is 1. The number of carbonyl (C=O) groups is 1. The number of amides is 1. The van der Waals surface area contributed by atoms with Gasteiger partial charge in [-0.15, -0.1) is 0 Å². The van der Waals surface area contributed by atoms with Gasteiger partial charge >= 0.3 is 0 Å². The predicted molar refractivity (Wildman–Crippen MR) is 72.2 cm³/mol. The molecule has 4 heteroatoms. The van der Waals surface area contributed by atoms with Gasteiger partial charge in [0, 0.05) is 33.2 Å². The van der Waals surface area contributed by atoms with Crippen LogP contribution in [0.2, 0.25) is 0 Å². The highest BCUT2D eigenvalue weighted by Crippen LogP contribution is 2.25. The SMILES string of the molecule is CN(C)C(=O)CN(C)C1CNCc2ccccc21. The second kappa shape index (κ2) is 5.50. The van der Waals surface area contributed by atoms with Crippen molar-refractivity contribution in [3.05, 3.63) is 35.4 Å². The van der Waals surface area contributed by atoms with Gasteiger partial charge in [0.2, 0.25) is 5.91 Å². The van der Waals surface area contributed by atoms with Crippen molar-refractivity contribution in [2.75, 3.05) is 34.2 Å². The molecule has 0 spiro atoms. The van der Waals surface area contributed by atoms with Crippen molar-refractivity contribution in [3.63, 3.8) is 0 Å². The van der Waals surface area contributed by atoms with Crippen molar-refractivity contribution < 1.29 is 4.79 Å². The van der Waals surface area contributed by atoms with Crippen LogP contribution in [0.4, 0.5) is 0 Å². The van der Waals surface area contributed by atoms with Gasteiger partial charge < -0.3 is 10.2 Å². The summed E-state index contributed by atoms with van der Waals surface area (Å²) in [5, 5.41) is 3.41. The highest BCUT2D eigenvalue weighted by molar-refractivity contribution is 5.77. The molecule has 0 aliphatic carbocycles. The summed E-state index contributed by atoms with van der Waals surface area (Å²) in [6, 6.07) is 8.72. The van der Waals surface area contributed by atoms with Gasteiger partial charge in [0.05, 0.1) is 6.54 Å². The van der Waals surface area contributed by atoms with E-state index < -0.39 is 0 Å². The summed E-state index contributed by atoms with van der Waals surface area (Å²) < 4.78 is 0. The fourth-order valence-corrected chi connectivity index (χ4v) is 2.33. The summed E-state index contributed by atoms with van der Waals surface area (Å²) in [5.41, 5.74) is 2.67. The van der Waals surface area contributed by atoms with Crippen LogP contribution in [0.25, 0.3) is 0 Å². The fourth-order valence-electron chi connectivity index (χ4n) is 2.33. The Morgan fingerprint density at radius 2 is 2.06 bits per heavy atom. The number of likely N-dealkylation sites (N-methyl/N-ethyl adjacent to an activating group) is 2. The molecule has 18 heavy (non-hydrogen) atoms. The minimum atomic E-state index is 0.139. The monoisotopic (exact) mass is 247 g/mol. The van der Waals surface area contributed by atoms with E-state index in [1.165, 1.54) is 11.1 Å². The number of hydrogen-bond donors (Lipinski definition) is 1. The number of nitrogens with zero attached hydrogens (tertiary/aromatic N) is 2. The summed E-state index contributed by atoms with van der Waals surface area (Å²) in [5.74, 6) is 0.139. The molecule has 1 aromatic rings. The second-order valence-electron chi connectivity index (χ2n) is 5.05. The smallest absolute Gasteiger partial charge is 0.236 e. The molecule has 0 aromatic heterocycles. The van der Waals surface area contributed by atoms with Gasteiger partial charge in [-0.25, -0.2) is 0 Å². The molecule has 0 radical (unpaired) electrons. The average Bonchev–Trinajstić information content (AvgIpc) is 2.37. The molecular formula is C14H21N3O. The molecule has 1 unspecified atom stereocenters. The normalized spacial score (nSPS) is 18.6. The van der Waals surface area contributed by atoms with Crippen molar-refractivity contribution >= 4 is 5.91 Å². The molecule has 0 fully saturated rings. The first-order valence-corrected chi connectivity index (χ1v) is 6.28. The van der Waals surface area contributed by atoms with E-state index in [2.05, 4.69) is 34.5 Å². The van der Waals surface area contributed by atoms with E-state index >= 15 is 0 Å². The predicted octanol–water partition coefficient (Wildman–Crippen LogP) is 0.851. The molecule has 1 N–H and O–H groups in total. The van der Waals surface area contributed by atoms with Crippen molar-refractivity contribution in [2.24, 2.45) is 0 Å². The summed E-state index contributed by atoms with van der Waals surface area (Å²) in [4.78, 5) is 15.5. The van der Waals surface area contributed by atoms with Gasteiger partial charge in [0.1, 0.15) is 0 Å². The molecule has 0 bridgehead atoms. The molecule has 1 aliphatic heterocycles. The van der Waals surface area contributed by atoms with Crippen LogP contribution in [0.3, 0.4) is 0 Å². The number of fused-ring (bicyclic) bond motifs is 1. The van der Waals surface area contributed by atoms with Crippen molar-refractivity contribution in [1.82, 2.24) is 15.1 Å². The topological polar surface area (TPSA) is 35.6 Å². The van der Waals surface area contributed by atoms with E-state index in [1.54, 1.807) is 19.0 Å². The number of benzene rings is 1. The molecule has 1 aromatic carbocycles. The third kappa shape index (κ3) is 2.71. The van der Waals surface area contributed by atoms with Gasteiger partial charge in [-0.05, 0) is 18.2 Å². The lowest BCUT2D eigenvalue weighted by molar-refractivity contribution is -0.130. The summed E-state index contributed by atoms with van der Waals surface area (Å²) in [6.07, 6.45) is 0. The molecule has 1 aliphatic rings. The molecule has 1 heterocycles. The van der Waals surface area contributed by atoms with Crippen LogP contribution in [0.1, 0.15) is 17.2 Å². The molecule has 1 atom stereocenters. The zero-order valence-corrected chi connectivity index (χ0v) is 11.3. The molecule has 98 valence electrons. The van der Waals surface area contributed by atoms with Gasteiger partial charge in [-0.2, -0.15) is 0 Å². The molecule has 4 nitrogen and oxygen atoms in total. The highest BCUT2D eigenvalue weighted by Gasteiger charge is 2.24. The summed E-state index contributed by atoms with van der Waals surface area (Å²) in [6.45, 7) is 2.27. The molecule has 2 rings (SSSR count). The van der Waals surface area contributed by atoms with Crippen molar-refractivity contribution in [2.45, 2.75) is 12.6 Å². The Balaban J connectivity index is 2.12. The first-order valence-electron chi connectivity index (χ1n) is 6.28. The highest BCUT2D eigenvalue weighted by atomic mass is 16.2. The van der Waals surface area contributed by atoms with Gasteiger partial charge in [-0.1, -0.05) is 24.3 Å². The first kappa shape index (κ1) is 13.1. The molecule has 0 saturated carbocycles. The minimum Gasteiger partial charge on any atom is -0.348 e. The Morgan fingerprint density at radius 3 is 2.78 bits per heavy atom. The second-order valence-corrected chi connectivity index (χ2v) is 5.05. The van der Waals surface area contributed by atoms with Crippen LogP contribution < -0.4 is 5.32 Å². The molecular weight excluding hydrogens is 226 g/mol. The maximum Gasteiger partial charge on any atom is 0.236 e. The lowest BCUT2D eigenvalue weighted by Crippen LogP contribution is -2.42. The van der Waals surface area contributed by atoms with Gasteiger partial charge in [0.25, 0.3) is 0 Å².